The normalized spacial score (nSPS) is 12.1. The number of phenolic OH excluding ortho intramolecular Hbond substituents is 2. The average molecular weight is 796 g/mol. The zero-order valence-electron chi connectivity index (χ0n) is 35.1. The van der Waals surface area contributed by atoms with Crippen molar-refractivity contribution in [3.05, 3.63) is 94.0 Å². The summed E-state index contributed by atoms with van der Waals surface area (Å²) in [4.78, 5) is 27.7. The van der Waals surface area contributed by atoms with Gasteiger partial charge in [0.1, 0.15) is 11.5 Å². The summed E-state index contributed by atoms with van der Waals surface area (Å²) in [6.45, 7) is 28.1. The minimum Gasteiger partial charge on any atom is -0.550 e. The molecule has 0 fully saturated rings. The van der Waals surface area contributed by atoms with Gasteiger partial charge in [0, 0.05) is 52.0 Å². The molecule has 2 N–H and O–H groups in total. The monoisotopic (exact) mass is 795 g/mol. The van der Waals surface area contributed by atoms with Crippen molar-refractivity contribution in [2.24, 2.45) is 20.8 Å². The number of aliphatic carboxylic acids is 2. The number of carbonyl (C=O) groups is 2. The fourth-order valence-corrected chi connectivity index (χ4v) is 6.00. The predicted molar refractivity (Wildman–Crippen MR) is 220 cm³/mol. The van der Waals surface area contributed by atoms with E-state index in [1.54, 1.807) is 12.4 Å². The molecule has 9 heteroatoms. The van der Waals surface area contributed by atoms with Crippen LogP contribution in [0.15, 0.2) is 70.6 Å². The first-order valence-electron chi connectivity index (χ1n) is 18.3. The standard InChI is InChI=1S/C42H54N2O2.2C2H4O2.Co/c1-39(2,3)23-27-19-30(37(45)32(21-27)41(7,8)9)25-43-34-17-13-15-29-16-14-18-35(36(29)34)44-26-31-20-28(24-40(4,5)6)22-33(38(31)46)42(10,11)12;2*1-2(3)4;/h13-22,25-26,45-46H,23-24H2,1-12H3;2*1H3,(H,3,4);/q;;;+2/p-2. The molecule has 4 aromatic carbocycles. The molecule has 0 atom stereocenters. The number of phenols is 2. The van der Waals surface area contributed by atoms with Gasteiger partial charge >= 0.3 is 16.8 Å². The molecule has 0 aliphatic carbocycles. The number of nitrogens with zero attached hydrogens (tertiary/aromatic N) is 2. The van der Waals surface area contributed by atoms with Gasteiger partial charge in [-0.15, -0.1) is 0 Å². The first kappa shape index (κ1) is 48.5. The topological polar surface area (TPSA) is 145 Å². The Morgan fingerprint density at radius 3 is 1.18 bits per heavy atom. The zero-order chi connectivity index (χ0) is 41.4. The van der Waals surface area contributed by atoms with Gasteiger partial charge in [0.05, 0.1) is 11.4 Å². The molecule has 8 nitrogen and oxygen atoms in total. The van der Waals surface area contributed by atoms with Crippen molar-refractivity contribution < 1.29 is 46.8 Å². The van der Waals surface area contributed by atoms with Gasteiger partial charge in [-0.25, -0.2) is 0 Å². The van der Waals surface area contributed by atoms with Gasteiger partial charge in [-0.1, -0.05) is 119 Å². The van der Waals surface area contributed by atoms with Crippen LogP contribution in [0.5, 0.6) is 11.5 Å². The number of carboxylic acid groups (broad SMARTS) is 2. The molecule has 4 rings (SSSR count). The van der Waals surface area contributed by atoms with Crippen molar-refractivity contribution in [3.8, 4) is 11.5 Å². The van der Waals surface area contributed by atoms with Crippen LogP contribution in [-0.4, -0.2) is 34.6 Å². The summed E-state index contributed by atoms with van der Waals surface area (Å²) in [5.41, 5.74) is 6.94. The molecule has 0 aromatic heterocycles. The molecule has 0 saturated heterocycles. The Hall–Kier alpha value is -4.47. The second-order valence-corrected chi connectivity index (χ2v) is 18.3. The smallest absolute Gasteiger partial charge is 0.550 e. The Kier molecular flexibility index (Phi) is 17.1. The van der Waals surface area contributed by atoms with Gasteiger partial charge in [-0.2, -0.15) is 0 Å². The van der Waals surface area contributed by atoms with Crippen molar-refractivity contribution >= 4 is 46.5 Å². The van der Waals surface area contributed by atoms with E-state index in [0.29, 0.717) is 11.1 Å². The van der Waals surface area contributed by atoms with Crippen LogP contribution in [0.3, 0.4) is 0 Å². The van der Waals surface area contributed by atoms with E-state index in [9.17, 15) is 10.2 Å². The molecule has 1 radical (unpaired) electrons. The third-order valence-electron chi connectivity index (χ3n) is 8.03. The number of aromatic hydroxyl groups is 2. The first-order chi connectivity index (χ1) is 24.6. The summed E-state index contributed by atoms with van der Waals surface area (Å²) in [6.07, 6.45) is 5.35. The maximum absolute atomic E-state index is 11.4. The molecule has 55 heavy (non-hydrogen) atoms. The van der Waals surface area contributed by atoms with Crippen LogP contribution in [-0.2, 0) is 50.0 Å². The summed E-state index contributed by atoms with van der Waals surface area (Å²) in [5.74, 6) is -1.62. The van der Waals surface area contributed by atoms with Crippen LogP contribution < -0.4 is 10.2 Å². The number of fused-ring (bicyclic) bond motifs is 1. The van der Waals surface area contributed by atoms with E-state index in [0.717, 1.165) is 60.0 Å². The Balaban J connectivity index is 0.00000153. The Bertz CT molecular complexity index is 1850. The molecular weight excluding hydrogens is 735 g/mol. The van der Waals surface area contributed by atoms with Crippen LogP contribution in [0.2, 0.25) is 0 Å². The molecule has 0 heterocycles. The van der Waals surface area contributed by atoms with E-state index in [2.05, 4.69) is 119 Å². The van der Waals surface area contributed by atoms with Crippen LogP contribution in [0.25, 0.3) is 10.8 Å². The number of carboxylic acids is 2. The van der Waals surface area contributed by atoms with Crippen LogP contribution in [0, 0.1) is 10.8 Å². The van der Waals surface area contributed by atoms with Crippen molar-refractivity contribution in [1.82, 2.24) is 0 Å². The minimum atomic E-state index is -1.08. The van der Waals surface area contributed by atoms with E-state index in [1.165, 1.54) is 11.1 Å². The number of aliphatic imine (C=N–C) groups is 2. The maximum atomic E-state index is 11.4. The Morgan fingerprint density at radius 2 is 0.909 bits per heavy atom. The number of carbonyl (C=O) groups excluding carboxylic acids is 2. The molecule has 0 aliphatic heterocycles. The van der Waals surface area contributed by atoms with Crippen LogP contribution in [0.1, 0.15) is 130 Å². The minimum absolute atomic E-state index is 0. The van der Waals surface area contributed by atoms with Crippen molar-refractivity contribution in [3.63, 3.8) is 0 Å². The number of hydrogen-bond donors (Lipinski definition) is 2. The van der Waals surface area contributed by atoms with Crippen molar-refractivity contribution in [2.75, 3.05) is 0 Å². The van der Waals surface area contributed by atoms with E-state index >= 15 is 0 Å². The molecule has 0 saturated carbocycles. The van der Waals surface area contributed by atoms with E-state index < -0.39 is 11.9 Å². The van der Waals surface area contributed by atoms with Gasteiger partial charge in [0.25, 0.3) is 0 Å². The third kappa shape index (κ3) is 16.0. The van der Waals surface area contributed by atoms with E-state index in [-0.39, 0.29) is 49.9 Å². The largest absolute Gasteiger partial charge is 2.00 e. The van der Waals surface area contributed by atoms with Crippen molar-refractivity contribution in [2.45, 2.75) is 121 Å². The van der Waals surface area contributed by atoms with Gasteiger partial charge < -0.3 is 30.0 Å². The molecule has 0 bridgehead atoms. The van der Waals surface area contributed by atoms with E-state index in [4.69, 9.17) is 29.8 Å². The summed E-state index contributed by atoms with van der Waals surface area (Å²) in [5, 5.41) is 42.4. The maximum Gasteiger partial charge on any atom is 2.00 e. The van der Waals surface area contributed by atoms with Gasteiger partial charge in [0.15, 0.2) is 0 Å². The second kappa shape index (κ2) is 19.4. The molecule has 4 aromatic rings. The predicted octanol–water partition coefficient (Wildman–Crippen LogP) is 9.03. The Labute approximate surface area is 339 Å². The molecule has 0 spiro atoms. The molecule has 0 unspecified atom stereocenters. The zero-order valence-corrected chi connectivity index (χ0v) is 36.1. The SMILES string of the molecule is CC(=O)[O-].CC(=O)[O-].CC(C)(C)Cc1cc(C=Nc2cccc3cccc(N=Cc4cc(CC(C)(C)C)cc(C(C)(C)C)c4O)c23)c(O)c(C(C)(C)C)c1.[Co+2]. The molecule has 0 aliphatic rings. The van der Waals surface area contributed by atoms with Crippen molar-refractivity contribution in [1.29, 1.82) is 0 Å². The summed E-state index contributed by atoms with van der Waals surface area (Å²) < 4.78 is 0. The fourth-order valence-electron chi connectivity index (χ4n) is 6.00. The first-order valence-corrected chi connectivity index (χ1v) is 18.3. The van der Waals surface area contributed by atoms with Crippen LogP contribution in [0.4, 0.5) is 11.4 Å². The fraction of sp³-hybridized carbons (Fsp3) is 0.435. The van der Waals surface area contributed by atoms with Gasteiger partial charge in [0.2, 0.25) is 0 Å². The average Bonchev–Trinajstić information content (AvgIpc) is 2.98. The second-order valence-electron chi connectivity index (χ2n) is 18.3. The summed E-state index contributed by atoms with van der Waals surface area (Å²) in [7, 11) is 0. The van der Waals surface area contributed by atoms with E-state index in [1.807, 2.05) is 24.3 Å². The summed E-state index contributed by atoms with van der Waals surface area (Å²) in [6, 6.07) is 20.5. The Morgan fingerprint density at radius 1 is 0.600 bits per heavy atom. The summed E-state index contributed by atoms with van der Waals surface area (Å²) >= 11 is 0. The number of rotatable bonds is 6. The third-order valence-corrected chi connectivity index (χ3v) is 8.03. The molecule has 0 amide bonds. The quantitative estimate of drug-likeness (QED) is 0.186. The molecule has 299 valence electrons. The van der Waals surface area contributed by atoms with Gasteiger partial charge in [-0.3, -0.25) is 9.98 Å². The van der Waals surface area contributed by atoms with Gasteiger partial charge in [-0.05, 0) is 89.1 Å². The molecular formula is C46H60CoN2O6. The van der Waals surface area contributed by atoms with Crippen LogP contribution >= 0.6 is 0 Å². The number of benzene rings is 4. The number of hydrogen-bond acceptors (Lipinski definition) is 8.